The summed E-state index contributed by atoms with van der Waals surface area (Å²) in [4.78, 5) is 28.7. The Kier molecular flexibility index (Phi) is 6.23. The van der Waals surface area contributed by atoms with Gasteiger partial charge in [0.15, 0.2) is 0 Å². The van der Waals surface area contributed by atoms with Crippen LogP contribution in [0.4, 0.5) is 10.1 Å². The van der Waals surface area contributed by atoms with E-state index in [1.54, 1.807) is 41.3 Å². The molecule has 1 unspecified atom stereocenters. The third-order valence-corrected chi connectivity index (χ3v) is 5.64. The van der Waals surface area contributed by atoms with Crippen molar-refractivity contribution in [3.63, 3.8) is 0 Å². The second-order valence-corrected chi connectivity index (χ2v) is 8.36. The number of aromatic nitrogens is 2. The van der Waals surface area contributed by atoms with Crippen molar-refractivity contribution < 1.29 is 18.4 Å². The lowest BCUT2D eigenvalue weighted by Gasteiger charge is -2.28. The Morgan fingerprint density at radius 2 is 1.94 bits per heavy atom. The van der Waals surface area contributed by atoms with Crippen LogP contribution in [-0.4, -0.2) is 39.5 Å². The molecule has 0 aliphatic carbocycles. The van der Waals surface area contributed by atoms with Crippen molar-refractivity contribution in [1.82, 2.24) is 15.1 Å². The molecule has 1 saturated heterocycles. The fraction of sp³-hybridized carbons (Fsp3) is 0.304. The fourth-order valence-corrected chi connectivity index (χ4v) is 3.82. The van der Waals surface area contributed by atoms with Crippen LogP contribution in [0.5, 0.6) is 0 Å². The Balaban J connectivity index is 1.49. The number of anilines is 1. The lowest BCUT2D eigenvalue weighted by atomic mass is 10.1. The number of hydrogen-bond donors (Lipinski definition) is 0. The van der Waals surface area contributed by atoms with Crippen LogP contribution in [0.25, 0.3) is 11.5 Å². The molecule has 7 nitrogen and oxygen atoms in total. The van der Waals surface area contributed by atoms with E-state index in [9.17, 15) is 14.0 Å². The van der Waals surface area contributed by atoms with Crippen LogP contribution >= 0.6 is 11.6 Å². The Labute approximate surface area is 189 Å². The summed E-state index contributed by atoms with van der Waals surface area (Å²) in [7, 11) is 0. The van der Waals surface area contributed by atoms with Gasteiger partial charge in [-0.3, -0.25) is 9.59 Å². The summed E-state index contributed by atoms with van der Waals surface area (Å²) in [5, 5.41) is 8.72. The zero-order chi connectivity index (χ0) is 22.8. The maximum atomic E-state index is 14.2. The molecule has 2 heterocycles. The predicted molar refractivity (Wildman–Crippen MR) is 117 cm³/mol. The summed E-state index contributed by atoms with van der Waals surface area (Å²) < 4.78 is 19.9. The summed E-state index contributed by atoms with van der Waals surface area (Å²) in [6.07, 6.45) is 0.0241. The molecular formula is C23H22ClFN4O3. The second kappa shape index (κ2) is 9.08. The highest BCUT2D eigenvalue weighted by molar-refractivity contribution is 6.30. The van der Waals surface area contributed by atoms with Crippen molar-refractivity contribution in [3.8, 4) is 11.5 Å². The van der Waals surface area contributed by atoms with E-state index in [4.69, 9.17) is 16.0 Å². The van der Waals surface area contributed by atoms with Gasteiger partial charge in [0.25, 0.3) is 0 Å². The molecule has 0 saturated carbocycles. The molecule has 9 heteroatoms. The van der Waals surface area contributed by atoms with Crippen molar-refractivity contribution in [2.45, 2.75) is 32.9 Å². The number of carbonyl (C=O) groups excluding carboxylic acids is 2. The fourth-order valence-electron chi connectivity index (χ4n) is 3.70. The number of para-hydroxylation sites is 1. The van der Waals surface area contributed by atoms with E-state index in [0.29, 0.717) is 10.9 Å². The second-order valence-electron chi connectivity index (χ2n) is 7.92. The first-order valence-corrected chi connectivity index (χ1v) is 10.6. The van der Waals surface area contributed by atoms with Gasteiger partial charge < -0.3 is 14.2 Å². The van der Waals surface area contributed by atoms with Gasteiger partial charge in [-0.05, 0) is 50.2 Å². The van der Waals surface area contributed by atoms with Crippen LogP contribution in [-0.2, 0) is 16.1 Å². The van der Waals surface area contributed by atoms with Gasteiger partial charge in [0, 0.05) is 29.6 Å². The molecule has 4 rings (SSSR count). The van der Waals surface area contributed by atoms with Gasteiger partial charge in [0.1, 0.15) is 5.82 Å². The maximum Gasteiger partial charge on any atom is 0.247 e. The summed E-state index contributed by atoms with van der Waals surface area (Å²) in [5.41, 5.74) is 0.908. The third-order valence-electron chi connectivity index (χ3n) is 5.39. The molecule has 3 aromatic rings. The highest BCUT2D eigenvalue weighted by Gasteiger charge is 2.39. The molecule has 1 aliphatic heterocycles. The van der Waals surface area contributed by atoms with Gasteiger partial charge in [-0.2, -0.15) is 0 Å². The molecule has 1 aliphatic rings. The standard InChI is InChI=1S/C23H22ClFN4O3/c1-14(2)28(13-20-26-27-22(32-20)15-7-9-17(24)10-8-15)23(31)16-11-21(30)29(12-16)19-6-4-3-5-18(19)25/h3-10,14,16H,11-13H2,1-2H3. The van der Waals surface area contributed by atoms with Crippen molar-refractivity contribution in [2.75, 3.05) is 11.4 Å². The molecule has 1 fully saturated rings. The highest BCUT2D eigenvalue weighted by atomic mass is 35.5. The van der Waals surface area contributed by atoms with Gasteiger partial charge in [-0.15, -0.1) is 10.2 Å². The Morgan fingerprint density at radius 3 is 2.62 bits per heavy atom. The monoisotopic (exact) mass is 456 g/mol. The number of benzene rings is 2. The van der Waals surface area contributed by atoms with E-state index in [0.717, 1.165) is 5.56 Å². The number of amides is 2. The zero-order valence-corrected chi connectivity index (χ0v) is 18.4. The van der Waals surface area contributed by atoms with Crippen molar-refractivity contribution in [3.05, 3.63) is 65.3 Å². The van der Waals surface area contributed by atoms with Crippen LogP contribution in [0.2, 0.25) is 5.02 Å². The van der Waals surface area contributed by atoms with Crippen LogP contribution in [0.3, 0.4) is 0 Å². The molecule has 32 heavy (non-hydrogen) atoms. The first-order chi connectivity index (χ1) is 15.3. The van der Waals surface area contributed by atoms with Crippen LogP contribution < -0.4 is 4.90 Å². The lowest BCUT2D eigenvalue weighted by molar-refractivity contribution is -0.138. The average molecular weight is 457 g/mol. The minimum atomic E-state index is -0.580. The smallest absolute Gasteiger partial charge is 0.247 e. The Morgan fingerprint density at radius 1 is 1.22 bits per heavy atom. The molecule has 0 radical (unpaired) electrons. The quantitative estimate of drug-likeness (QED) is 0.552. The average Bonchev–Trinajstić information content (AvgIpc) is 3.39. The molecule has 1 atom stereocenters. The van der Waals surface area contributed by atoms with Crippen LogP contribution in [0.1, 0.15) is 26.2 Å². The van der Waals surface area contributed by atoms with Crippen molar-refractivity contribution in [2.24, 2.45) is 5.92 Å². The summed E-state index contributed by atoms with van der Waals surface area (Å²) >= 11 is 5.91. The molecule has 166 valence electrons. The predicted octanol–water partition coefficient (Wildman–Crippen LogP) is 4.32. The van der Waals surface area contributed by atoms with Gasteiger partial charge in [0.2, 0.25) is 23.6 Å². The topological polar surface area (TPSA) is 79.5 Å². The molecule has 0 spiro atoms. The van der Waals surface area contributed by atoms with Gasteiger partial charge in [-0.25, -0.2) is 4.39 Å². The normalized spacial score (nSPS) is 16.1. The Hall–Kier alpha value is -3.26. The minimum Gasteiger partial charge on any atom is -0.419 e. The lowest BCUT2D eigenvalue weighted by Crippen LogP contribution is -2.41. The summed E-state index contributed by atoms with van der Waals surface area (Å²) in [6, 6.07) is 12.9. The SMILES string of the molecule is CC(C)N(Cc1nnc(-c2ccc(Cl)cc2)o1)C(=O)C1CC(=O)N(c2ccccc2F)C1. The minimum absolute atomic E-state index is 0.0241. The largest absolute Gasteiger partial charge is 0.419 e. The number of halogens is 2. The molecule has 2 aromatic carbocycles. The highest BCUT2D eigenvalue weighted by Crippen LogP contribution is 2.29. The van der Waals surface area contributed by atoms with Crippen molar-refractivity contribution in [1.29, 1.82) is 0 Å². The Bertz CT molecular complexity index is 1130. The van der Waals surface area contributed by atoms with Gasteiger partial charge in [0.05, 0.1) is 18.2 Å². The molecule has 0 N–H and O–H groups in total. The third kappa shape index (κ3) is 4.50. The molecule has 1 aromatic heterocycles. The van der Waals surface area contributed by atoms with E-state index >= 15 is 0 Å². The van der Waals surface area contributed by atoms with Crippen LogP contribution in [0.15, 0.2) is 52.9 Å². The molecule has 2 amide bonds. The van der Waals surface area contributed by atoms with E-state index < -0.39 is 11.7 Å². The maximum absolute atomic E-state index is 14.2. The van der Waals surface area contributed by atoms with Crippen LogP contribution in [0, 0.1) is 11.7 Å². The van der Waals surface area contributed by atoms with E-state index in [2.05, 4.69) is 10.2 Å². The first kappa shape index (κ1) is 22.0. The number of nitrogens with zero attached hydrogens (tertiary/aromatic N) is 4. The summed E-state index contributed by atoms with van der Waals surface area (Å²) in [6.45, 7) is 3.99. The summed E-state index contributed by atoms with van der Waals surface area (Å²) in [5.74, 6) is -0.946. The van der Waals surface area contributed by atoms with Gasteiger partial charge in [-0.1, -0.05) is 23.7 Å². The first-order valence-electron chi connectivity index (χ1n) is 10.3. The van der Waals surface area contributed by atoms with E-state index in [1.807, 2.05) is 13.8 Å². The number of rotatable bonds is 6. The molecular weight excluding hydrogens is 435 g/mol. The zero-order valence-electron chi connectivity index (χ0n) is 17.7. The number of hydrogen-bond acceptors (Lipinski definition) is 5. The molecule has 0 bridgehead atoms. The van der Waals surface area contributed by atoms with Gasteiger partial charge >= 0.3 is 0 Å². The van der Waals surface area contributed by atoms with E-state index in [-0.39, 0.29) is 48.9 Å². The van der Waals surface area contributed by atoms with E-state index in [1.165, 1.54) is 17.0 Å². The van der Waals surface area contributed by atoms with Crippen molar-refractivity contribution >= 4 is 29.1 Å². The number of carbonyl (C=O) groups is 2.